The quantitative estimate of drug-likeness (QED) is 0.436. The van der Waals surface area contributed by atoms with Gasteiger partial charge in [-0.05, 0) is 61.2 Å². The summed E-state index contributed by atoms with van der Waals surface area (Å²) in [6.07, 6.45) is -2.76. The van der Waals surface area contributed by atoms with Gasteiger partial charge in [-0.15, -0.1) is 0 Å². The lowest BCUT2D eigenvalue weighted by Gasteiger charge is -2.38. The van der Waals surface area contributed by atoms with Crippen molar-refractivity contribution in [1.82, 2.24) is 20.9 Å². The maximum Gasteiger partial charge on any atom is 0.403 e. The number of amides is 4. The fourth-order valence-electron chi connectivity index (χ4n) is 7.00. The topological polar surface area (TPSA) is 131 Å². The van der Waals surface area contributed by atoms with E-state index in [-0.39, 0.29) is 60.4 Å². The van der Waals surface area contributed by atoms with Crippen LogP contribution in [0.1, 0.15) is 73.1 Å². The molecule has 0 aromatic rings. The van der Waals surface area contributed by atoms with Gasteiger partial charge in [0.05, 0.1) is 6.07 Å². The van der Waals surface area contributed by atoms with Crippen LogP contribution in [0, 0.1) is 45.3 Å². The molecule has 2 heterocycles. The number of carbonyl (C=O) groups is 4. The summed E-state index contributed by atoms with van der Waals surface area (Å²) in [7, 11) is 0. The number of piperidine rings is 1. The number of alkyl halides is 3. The lowest BCUT2D eigenvalue weighted by Crippen LogP contribution is -2.61. The number of halogens is 3. The number of hydrogen-bond acceptors (Lipinski definition) is 5. The summed E-state index contributed by atoms with van der Waals surface area (Å²) in [6.45, 7) is 9.18. The summed E-state index contributed by atoms with van der Waals surface area (Å²) < 4.78 is 40.8. The van der Waals surface area contributed by atoms with Gasteiger partial charge in [-0.1, -0.05) is 34.6 Å². The van der Waals surface area contributed by atoms with E-state index < -0.39 is 52.9 Å². The number of carbonyl (C=O) groups excluding carboxylic acids is 4. The molecule has 2 aliphatic heterocycles. The Kier molecular flexibility index (Phi) is 6.33. The fraction of sp³-hybridized carbons (Fsp3) is 0.821. The van der Waals surface area contributed by atoms with E-state index >= 15 is 0 Å². The highest BCUT2D eigenvalue weighted by Gasteiger charge is 2.71. The molecule has 9 nitrogen and oxygen atoms in total. The Morgan fingerprint density at radius 2 is 1.75 bits per heavy atom. The van der Waals surface area contributed by atoms with Gasteiger partial charge in [-0.2, -0.15) is 18.4 Å². The molecule has 3 unspecified atom stereocenters. The number of fused-ring (bicyclic) bond motifs is 1. The second-order valence-electron chi connectivity index (χ2n) is 14.3. The van der Waals surface area contributed by atoms with E-state index in [0.717, 1.165) is 12.8 Å². The van der Waals surface area contributed by atoms with Crippen LogP contribution >= 0.6 is 0 Å². The second-order valence-corrected chi connectivity index (χ2v) is 14.3. The van der Waals surface area contributed by atoms with Crippen molar-refractivity contribution >= 4 is 23.6 Å². The van der Waals surface area contributed by atoms with Gasteiger partial charge in [-0.25, -0.2) is 0 Å². The maximum atomic E-state index is 13.9. The summed E-state index contributed by atoms with van der Waals surface area (Å²) in [5.74, 6) is -3.05. The zero-order valence-electron chi connectivity index (χ0n) is 23.6. The number of hydrogen-bond donors (Lipinski definition) is 3. The summed E-state index contributed by atoms with van der Waals surface area (Å²) in [5, 5.41) is 17.9. The van der Waals surface area contributed by atoms with Crippen LogP contribution in [0.3, 0.4) is 0 Å². The Balaban J connectivity index is 1.32. The minimum atomic E-state index is -4.72. The van der Waals surface area contributed by atoms with Crippen molar-refractivity contribution in [2.75, 3.05) is 6.54 Å². The van der Waals surface area contributed by atoms with Crippen molar-refractivity contribution in [3.05, 3.63) is 0 Å². The van der Waals surface area contributed by atoms with Crippen molar-refractivity contribution in [1.29, 1.82) is 5.26 Å². The van der Waals surface area contributed by atoms with Crippen LogP contribution in [0.2, 0.25) is 0 Å². The first-order chi connectivity index (χ1) is 18.4. The molecular formula is C28H38F3N5O4. The van der Waals surface area contributed by atoms with Gasteiger partial charge in [0.1, 0.15) is 23.5 Å². The van der Waals surface area contributed by atoms with Crippen molar-refractivity contribution in [3.8, 4) is 6.07 Å². The van der Waals surface area contributed by atoms with E-state index in [1.807, 2.05) is 13.8 Å². The van der Waals surface area contributed by atoms with Crippen molar-refractivity contribution in [3.63, 3.8) is 0 Å². The molecule has 0 radical (unpaired) electrons. The minimum absolute atomic E-state index is 0.00402. The molecular weight excluding hydrogens is 527 g/mol. The second kappa shape index (κ2) is 8.83. The van der Waals surface area contributed by atoms with Crippen LogP contribution in [-0.2, 0) is 19.2 Å². The van der Waals surface area contributed by atoms with E-state index in [2.05, 4.69) is 22.0 Å². The Hall–Kier alpha value is -2.84. The summed E-state index contributed by atoms with van der Waals surface area (Å²) in [6, 6.07) is -1.07. The molecule has 0 bridgehead atoms. The lowest BCUT2D eigenvalue weighted by molar-refractivity contribution is -0.193. The number of nitrogens with one attached hydrogen (secondary N) is 3. The van der Waals surface area contributed by atoms with Crippen LogP contribution in [0.15, 0.2) is 0 Å². The predicted octanol–water partition coefficient (Wildman–Crippen LogP) is 2.41. The summed E-state index contributed by atoms with van der Waals surface area (Å²) in [5.41, 5.74) is -3.81. The number of likely N-dealkylation sites (tertiary alicyclic amines) is 1. The van der Waals surface area contributed by atoms with Gasteiger partial charge >= 0.3 is 6.18 Å². The molecule has 3 aliphatic carbocycles. The molecule has 5 fully saturated rings. The van der Waals surface area contributed by atoms with Crippen LogP contribution in [-0.4, -0.2) is 64.9 Å². The molecule has 3 N–H and O–H groups in total. The van der Waals surface area contributed by atoms with Gasteiger partial charge in [0, 0.05) is 18.0 Å². The Bertz CT molecular complexity index is 1180. The van der Waals surface area contributed by atoms with Gasteiger partial charge in [-0.3, -0.25) is 19.2 Å². The highest BCUT2D eigenvalue weighted by molar-refractivity contribution is 5.96. The van der Waals surface area contributed by atoms with E-state index in [1.165, 1.54) is 4.90 Å². The largest absolute Gasteiger partial charge is 0.403 e. The van der Waals surface area contributed by atoms with Crippen LogP contribution in [0.4, 0.5) is 13.2 Å². The fourth-order valence-corrected chi connectivity index (χ4v) is 7.00. The van der Waals surface area contributed by atoms with Crippen LogP contribution in [0.5, 0.6) is 0 Å². The van der Waals surface area contributed by atoms with Gasteiger partial charge < -0.3 is 20.9 Å². The van der Waals surface area contributed by atoms with Crippen LogP contribution < -0.4 is 16.0 Å². The third-order valence-electron chi connectivity index (χ3n) is 10.1. The van der Waals surface area contributed by atoms with E-state index in [9.17, 15) is 37.6 Å². The minimum Gasteiger partial charge on any atom is -0.350 e. The lowest BCUT2D eigenvalue weighted by atomic mass is 9.84. The molecule has 4 amide bonds. The molecule has 220 valence electrons. The summed E-state index contributed by atoms with van der Waals surface area (Å²) >= 11 is 0. The first-order valence-corrected chi connectivity index (χ1v) is 14.1. The Morgan fingerprint density at radius 1 is 1.12 bits per heavy atom. The van der Waals surface area contributed by atoms with Gasteiger partial charge in [0.25, 0.3) is 0 Å². The highest BCUT2D eigenvalue weighted by Crippen LogP contribution is 2.65. The van der Waals surface area contributed by atoms with E-state index in [0.29, 0.717) is 6.42 Å². The molecule has 5 aliphatic rings. The molecule has 2 saturated heterocycles. The zero-order valence-corrected chi connectivity index (χ0v) is 23.6. The smallest absolute Gasteiger partial charge is 0.350 e. The standard InChI is InChI=1S/C28H38F3N5O4/c1-24(2,3)19(34-23(40)27(8-9-27)28(29,30)31)22(39)36-13-16-17(25(16,4)5)18(36)21(38)33-15(12-32)10-14-11-26(6-7-26)35-20(14)37/h14-19H,6-11,13H2,1-5H3,(H,33,38)(H,34,40)(H,35,37)/t14-,15+,16?,17?,18?,19-/m1/s1. The van der Waals surface area contributed by atoms with Crippen molar-refractivity contribution in [2.24, 2.45) is 34.0 Å². The predicted molar refractivity (Wildman–Crippen MR) is 136 cm³/mol. The van der Waals surface area contributed by atoms with Gasteiger partial charge in [0.2, 0.25) is 23.6 Å². The third kappa shape index (κ3) is 4.63. The zero-order chi connectivity index (χ0) is 29.6. The first-order valence-electron chi connectivity index (χ1n) is 14.1. The number of nitriles is 1. The first kappa shape index (κ1) is 28.7. The van der Waals surface area contributed by atoms with Gasteiger partial charge in [0.15, 0.2) is 0 Å². The number of nitrogens with zero attached hydrogens (tertiary/aromatic N) is 2. The van der Waals surface area contributed by atoms with E-state index in [1.54, 1.807) is 20.8 Å². The summed E-state index contributed by atoms with van der Waals surface area (Å²) in [4.78, 5) is 54.2. The van der Waals surface area contributed by atoms with Crippen molar-refractivity contribution < 1.29 is 32.3 Å². The molecule has 12 heteroatoms. The average molecular weight is 566 g/mol. The SMILES string of the molecule is CC1(C)C2CN(C(=O)[C@@H](NC(=O)C3(C(F)(F)F)CC3)C(C)(C)C)C(C(=O)N[C@H](C#N)C[C@@H]3CC4(CC4)NC3=O)C21. The van der Waals surface area contributed by atoms with Crippen LogP contribution in [0.25, 0.3) is 0 Å². The average Bonchev–Trinajstić information content (AvgIpc) is 3.77. The van der Waals surface area contributed by atoms with E-state index in [4.69, 9.17) is 0 Å². The molecule has 3 saturated carbocycles. The molecule has 0 aromatic heterocycles. The molecule has 6 atom stereocenters. The Morgan fingerprint density at radius 3 is 2.23 bits per heavy atom. The Labute approximate surface area is 232 Å². The molecule has 0 aromatic carbocycles. The molecule has 1 spiro atoms. The number of rotatable bonds is 7. The highest BCUT2D eigenvalue weighted by atomic mass is 19.4. The molecule has 5 rings (SSSR count). The third-order valence-corrected chi connectivity index (χ3v) is 10.1. The van der Waals surface area contributed by atoms with Crippen molar-refractivity contribution in [2.45, 2.75) is 103 Å². The maximum absolute atomic E-state index is 13.9. The normalized spacial score (nSPS) is 31.9. The monoisotopic (exact) mass is 565 g/mol. The molecule has 40 heavy (non-hydrogen) atoms.